The number of ether oxygens (including phenoxy) is 1. The lowest BCUT2D eigenvalue weighted by molar-refractivity contribution is -0.145. The first-order valence-corrected chi connectivity index (χ1v) is 12.6. The number of carboxylic acid groups (broad SMARTS) is 1. The standard InChI is InChI=1S/C24H41N5O4.2ClH/c25-24(26)28-14-10-20(11-15-28)33-16-12-19-9-5-6-13-29(19)23(32)21(17-22(30)31)27-18-7-3-1-2-4-8-18;;/h1-2,18-21,27H,3-17H2,(H3,25,26)(H,30,31);2*1H/t19-,21-;;/m0../s1. The zero-order valence-electron chi connectivity index (χ0n) is 20.5. The maximum atomic E-state index is 13.5. The van der Waals surface area contributed by atoms with Gasteiger partial charge in [-0.2, -0.15) is 0 Å². The Kier molecular flexibility index (Phi) is 14.6. The van der Waals surface area contributed by atoms with Gasteiger partial charge in [0.1, 0.15) is 0 Å². The van der Waals surface area contributed by atoms with Gasteiger partial charge in [0.05, 0.1) is 18.6 Å². The van der Waals surface area contributed by atoms with Crippen LogP contribution >= 0.6 is 24.8 Å². The highest BCUT2D eigenvalue weighted by Crippen LogP contribution is 2.23. The molecule has 3 rings (SSSR count). The van der Waals surface area contributed by atoms with E-state index in [1.165, 1.54) is 0 Å². The van der Waals surface area contributed by atoms with Crippen molar-refractivity contribution in [2.75, 3.05) is 26.2 Å². The van der Waals surface area contributed by atoms with E-state index in [-0.39, 0.29) is 61.3 Å². The zero-order valence-corrected chi connectivity index (χ0v) is 22.2. The van der Waals surface area contributed by atoms with Crippen LogP contribution in [0.2, 0.25) is 0 Å². The van der Waals surface area contributed by atoms with Crippen molar-refractivity contribution in [2.45, 2.75) is 94.9 Å². The summed E-state index contributed by atoms with van der Waals surface area (Å²) >= 11 is 0. The molecule has 5 N–H and O–H groups in total. The number of nitrogens with two attached hydrogens (primary N) is 1. The lowest BCUT2D eigenvalue weighted by Crippen LogP contribution is -2.55. The number of carbonyl (C=O) groups is 2. The highest BCUT2D eigenvalue weighted by atomic mass is 35.5. The summed E-state index contributed by atoms with van der Waals surface area (Å²) in [4.78, 5) is 28.8. The van der Waals surface area contributed by atoms with E-state index in [4.69, 9.17) is 15.9 Å². The molecule has 2 fully saturated rings. The van der Waals surface area contributed by atoms with E-state index in [2.05, 4.69) is 17.5 Å². The summed E-state index contributed by atoms with van der Waals surface area (Å²) in [6.07, 6.45) is 13.5. The van der Waals surface area contributed by atoms with E-state index < -0.39 is 12.0 Å². The number of aliphatic carboxylic acids is 1. The second-order valence-electron chi connectivity index (χ2n) is 9.55. The van der Waals surface area contributed by atoms with E-state index in [1.807, 2.05) is 9.80 Å². The van der Waals surface area contributed by atoms with Gasteiger partial charge in [0.15, 0.2) is 5.96 Å². The molecule has 1 aliphatic carbocycles. The molecule has 3 aliphatic rings. The number of amides is 1. The number of halogens is 2. The summed E-state index contributed by atoms with van der Waals surface area (Å²) in [6.45, 7) is 2.76. The van der Waals surface area contributed by atoms with Crippen LogP contribution in [0.3, 0.4) is 0 Å². The van der Waals surface area contributed by atoms with E-state index >= 15 is 0 Å². The minimum Gasteiger partial charge on any atom is -0.481 e. The average molecular weight is 537 g/mol. The van der Waals surface area contributed by atoms with Gasteiger partial charge >= 0.3 is 5.97 Å². The number of hydrogen-bond donors (Lipinski definition) is 4. The third kappa shape index (κ3) is 10.1. The van der Waals surface area contributed by atoms with Crippen LogP contribution in [0.25, 0.3) is 0 Å². The van der Waals surface area contributed by atoms with Crippen LogP contribution in [0, 0.1) is 5.41 Å². The summed E-state index contributed by atoms with van der Waals surface area (Å²) in [5.41, 5.74) is 5.56. The number of guanidine groups is 1. The third-order valence-corrected chi connectivity index (χ3v) is 7.14. The Balaban J connectivity index is 0.00000306. The molecule has 2 aliphatic heterocycles. The highest BCUT2D eigenvalue weighted by molar-refractivity contribution is 5.86. The molecular formula is C24H43Cl2N5O4. The van der Waals surface area contributed by atoms with Crippen molar-refractivity contribution in [1.29, 1.82) is 5.41 Å². The van der Waals surface area contributed by atoms with Crippen LogP contribution in [0.4, 0.5) is 0 Å². The molecule has 0 radical (unpaired) electrons. The third-order valence-electron chi connectivity index (χ3n) is 7.14. The number of carboxylic acids is 1. The van der Waals surface area contributed by atoms with Crippen molar-refractivity contribution in [3.8, 4) is 0 Å². The van der Waals surface area contributed by atoms with E-state index in [0.29, 0.717) is 13.2 Å². The summed E-state index contributed by atoms with van der Waals surface area (Å²) < 4.78 is 6.11. The van der Waals surface area contributed by atoms with Gasteiger partial charge in [-0.15, -0.1) is 24.8 Å². The summed E-state index contributed by atoms with van der Waals surface area (Å²) in [7, 11) is 0. The first-order valence-electron chi connectivity index (χ1n) is 12.6. The first-order chi connectivity index (χ1) is 15.9. The van der Waals surface area contributed by atoms with Crippen LogP contribution in [0.1, 0.15) is 70.6 Å². The number of nitrogens with zero attached hydrogens (tertiary/aromatic N) is 2. The Hall–Kier alpha value is -1.55. The molecule has 0 spiro atoms. The summed E-state index contributed by atoms with van der Waals surface area (Å²) in [5.74, 6) is -0.898. The van der Waals surface area contributed by atoms with Crippen LogP contribution < -0.4 is 11.1 Å². The Labute approximate surface area is 221 Å². The van der Waals surface area contributed by atoms with Crippen molar-refractivity contribution in [1.82, 2.24) is 15.1 Å². The van der Waals surface area contributed by atoms with Crippen molar-refractivity contribution in [3.05, 3.63) is 12.2 Å². The fourth-order valence-corrected chi connectivity index (χ4v) is 5.24. The molecule has 202 valence electrons. The van der Waals surface area contributed by atoms with Crippen molar-refractivity contribution < 1.29 is 19.4 Å². The molecular weight excluding hydrogens is 493 g/mol. The van der Waals surface area contributed by atoms with Gasteiger partial charge in [-0.05, 0) is 64.2 Å². The number of likely N-dealkylation sites (tertiary alicyclic amines) is 2. The quantitative estimate of drug-likeness (QED) is 0.202. The Morgan fingerprint density at radius 2 is 1.71 bits per heavy atom. The molecule has 35 heavy (non-hydrogen) atoms. The minimum atomic E-state index is -0.943. The van der Waals surface area contributed by atoms with E-state index in [9.17, 15) is 14.7 Å². The van der Waals surface area contributed by atoms with Crippen LogP contribution in [0.15, 0.2) is 12.2 Å². The van der Waals surface area contributed by atoms with E-state index in [0.717, 1.165) is 77.3 Å². The molecule has 2 saturated heterocycles. The lowest BCUT2D eigenvalue weighted by Gasteiger charge is -2.39. The van der Waals surface area contributed by atoms with Gasteiger partial charge in [-0.25, -0.2) is 0 Å². The summed E-state index contributed by atoms with van der Waals surface area (Å²) in [6, 6.07) is -0.416. The Morgan fingerprint density at radius 3 is 2.31 bits per heavy atom. The fourth-order valence-electron chi connectivity index (χ4n) is 5.24. The lowest BCUT2D eigenvalue weighted by atomic mass is 9.97. The SMILES string of the molecule is Cl.Cl.N=C(N)N1CCC(OCC[C@@H]2CCCCN2C(=O)[C@H](CC(=O)O)NC2CCC=CCC2)CC1. The average Bonchev–Trinajstić information content (AvgIpc) is 3.07. The zero-order chi connectivity index (χ0) is 23.6. The molecule has 0 saturated carbocycles. The van der Waals surface area contributed by atoms with E-state index in [1.54, 1.807) is 0 Å². The molecule has 1 amide bonds. The monoisotopic (exact) mass is 535 g/mol. The second kappa shape index (κ2) is 16.2. The second-order valence-corrected chi connectivity index (χ2v) is 9.55. The molecule has 0 aromatic carbocycles. The molecule has 11 heteroatoms. The maximum absolute atomic E-state index is 13.5. The highest BCUT2D eigenvalue weighted by Gasteiger charge is 2.34. The van der Waals surface area contributed by atoms with Gasteiger partial charge in [-0.3, -0.25) is 15.0 Å². The number of allylic oxidation sites excluding steroid dienone is 2. The number of carbonyl (C=O) groups excluding carboxylic acids is 1. The summed E-state index contributed by atoms with van der Waals surface area (Å²) in [5, 5.41) is 20.4. The van der Waals surface area contributed by atoms with Gasteiger partial charge in [0.25, 0.3) is 0 Å². The van der Waals surface area contributed by atoms with Crippen molar-refractivity contribution in [2.24, 2.45) is 5.73 Å². The smallest absolute Gasteiger partial charge is 0.305 e. The number of rotatable bonds is 9. The van der Waals surface area contributed by atoms with Gasteiger partial charge in [0.2, 0.25) is 5.91 Å². The normalized spacial score (nSPS) is 22.5. The molecule has 0 unspecified atom stereocenters. The Morgan fingerprint density at radius 1 is 1.06 bits per heavy atom. The number of hydrogen-bond acceptors (Lipinski definition) is 5. The topological polar surface area (TPSA) is 132 Å². The van der Waals surface area contributed by atoms with Crippen molar-refractivity contribution in [3.63, 3.8) is 0 Å². The molecule has 2 atom stereocenters. The number of piperidine rings is 2. The van der Waals surface area contributed by atoms with Crippen LogP contribution in [0.5, 0.6) is 0 Å². The Bertz CT molecular complexity index is 693. The molecule has 2 heterocycles. The molecule has 9 nitrogen and oxygen atoms in total. The first kappa shape index (κ1) is 31.5. The van der Waals surface area contributed by atoms with Crippen LogP contribution in [-0.2, 0) is 14.3 Å². The molecule has 0 bridgehead atoms. The van der Waals surface area contributed by atoms with Gasteiger partial charge < -0.3 is 30.7 Å². The van der Waals surface area contributed by atoms with Crippen LogP contribution in [-0.4, -0.2) is 83.2 Å². The molecule has 0 aromatic heterocycles. The fraction of sp³-hybridized carbons (Fsp3) is 0.792. The largest absolute Gasteiger partial charge is 0.481 e. The minimum absolute atomic E-state index is 0. The predicted octanol–water partition coefficient (Wildman–Crippen LogP) is 2.91. The van der Waals surface area contributed by atoms with Gasteiger partial charge in [-0.1, -0.05) is 12.2 Å². The maximum Gasteiger partial charge on any atom is 0.305 e. The molecule has 0 aromatic rings. The van der Waals surface area contributed by atoms with Crippen molar-refractivity contribution >= 4 is 42.7 Å². The predicted molar refractivity (Wildman–Crippen MR) is 141 cm³/mol. The number of nitrogens with one attached hydrogen (secondary N) is 2. The van der Waals surface area contributed by atoms with Gasteiger partial charge in [0, 0.05) is 38.3 Å².